The molecule has 0 aromatic heterocycles. The summed E-state index contributed by atoms with van der Waals surface area (Å²) in [5, 5.41) is 3.04. The van der Waals surface area contributed by atoms with Gasteiger partial charge in [0.1, 0.15) is 0 Å². The van der Waals surface area contributed by atoms with Crippen molar-refractivity contribution in [3.05, 3.63) is 35.4 Å². The Morgan fingerprint density at radius 3 is 2.35 bits per heavy atom. The minimum atomic E-state index is 0.203. The third-order valence-corrected chi connectivity index (χ3v) is 3.96. The maximum atomic E-state index is 11.9. The molecule has 0 heterocycles. The average molecular weight is 274 g/mol. The molecule has 1 saturated carbocycles. The van der Waals surface area contributed by atoms with Gasteiger partial charge < -0.3 is 10.2 Å². The minimum Gasteiger partial charge on any atom is -0.352 e. The Kier molecular flexibility index (Phi) is 5.60. The topological polar surface area (TPSA) is 32.3 Å². The van der Waals surface area contributed by atoms with Crippen LogP contribution in [0.25, 0.3) is 0 Å². The molecule has 0 atom stereocenters. The fourth-order valence-electron chi connectivity index (χ4n) is 2.88. The van der Waals surface area contributed by atoms with Gasteiger partial charge in [-0.25, -0.2) is 0 Å². The molecule has 1 aromatic carbocycles. The van der Waals surface area contributed by atoms with E-state index in [0.717, 1.165) is 6.54 Å². The normalized spacial score (nSPS) is 15.8. The van der Waals surface area contributed by atoms with Gasteiger partial charge >= 0.3 is 0 Å². The summed E-state index contributed by atoms with van der Waals surface area (Å²) in [7, 11) is 4.13. The Morgan fingerprint density at radius 1 is 1.15 bits per heavy atom. The van der Waals surface area contributed by atoms with Gasteiger partial charge in [-0.1, -0.05) is 37.1 Å². The van der Waals surface area contributed by atoms with Crippen LogP contribution < -0.4 is 5.32 Å². The summed E-state index contributed by atoms with van der Waals surface area (Å²) in [6.45, 7) is 1.60. The Balaban J connectivity index is 1.74. The highest BCUT2D eigenvalue weighted by Gasteiger charge is 2.17. The molecule has 2 rings (SSSR count). The number of nitrogens with zero attached hydrogens (tertiary/aromatic N) is 1. The number of rotatable bonds is 6. The molecule has 110 valence electrons. The lowest BCUT2D eigenvalue weighted by Gasteiger charge is -2.11. The van der Waals surface area contributed by atoms with E-state index in [-0.39, 0.29) is 5.91 Å². The molecule has 0 aliphatic heterocycles. The number of hydrogen-bond acceptors (Lipinski definition) is 2. The van der Waals surface area contributed by atoms with E-state index in [1.807, 2.05) is 0 Å². The zero-order valence-electron chi connectivity index (χ0n) is 12.7. The number of benzene rings is 1. The van der Waals surface area contributed by atoms with Crippen LogP contribution in [0.5, 0.6) is 0 Å². The van der Waals surface area contributed by atoms with Crippen LogP contribution in [0.3, 0.4) is 0 Å². The molecule has 0 spiro atoms. The molecule has 1 amide bonds. The number of carbonyl (C=O) groups is 1. The van der Waals surface area contributed by atoms with Crippen molar-refractivity contribution < 1.29 is 4.79 Å². The first kappa shape index (κ1) is 15.0. The Morgan fingerprint density at radius 2 is 1.75 bits per heavy atom. The lowest BCUT2D eigenvalue weighted by Crippen LogP contribution is -2.24. The Labute approximate surface area is 122 Å². The van der Waals surface area contributed by atoms with E-state index in [1.165, 1.54) is 36.8 Å². The molecule has 3 heteroatoms. The van der Waals surface area contributed by atoms with Crippen molar-refractivity contribution in [3.63, 3.8) is 0 Å². The molecular weight excluding hydrogens is 248 g/mol. The van der Waals surface area contributed by atoms with Gasteiger partial charge in [0, 0.05) is 19.5 Å². The summed E-state index contributed by atoms with van der Waals surface area (Å²) < 4.78 is 0. The van der Waals surface area contributed by atoms with E-state index < -0.39 is 0 Å². The molecule has 1 N–H and O–H groups in total. The molecule has 1 aliphatic carbocycles. The first-order valence-corrected chi connectivity index (χ1v) is 7.63. The molecule has 0 saturated heterocycles. The van der Waals surface area contributed by atoms with Crippen LogP contribution in [0.1, 0.15) is 43.2 Å². The lowest BCUT2D eigenvalue weighted by molar-refractivity contribution is -0.122. The molecule has 0 unspecified atom stereocenters. The molecule has 1 aliphatic rings. The van der Waals surface area contributed by atoms with Crippen molar-refractivity contribution in [1.82, 2.24) is 10.2 Å². The summed E-state index contributed by atoms with van der Waals surface area (Å²) in [6, 6.07) is 8.49. The van der Waals surface area contributed by atoms with Crippen molar-refractivity contribution >= 4 is 5.91 Å². The number of amides is 1. The first-order valence-electron chi connectivity index (χ1n) is 7.63. The summed E-state index contributed by atoms with van der Waals surface area (Å²) in [5.41, 5.74) is 2.48. The molecule has 0 radical (unpaired) electrons. The minimum absolute atomic E-state index is 0.203. The van der Waals surface area contributed by atoms with Gasteiger partial charge in [0.15, 0.2) is 0 Å². The molecule has 20 heavy (non-hydrogen) atoms. The van der Waals surface area contributed by atoms with Crippen molar-refractivity contribution in [2.45, 2.75) is 45.2 Å². The first-order chi connectivity index (χ1) is 9.63. The lowest BCUT2D eigenvalue weighted by atomic mass is 10.0. The summed E-state index contributed by atoms with van der Waals surface area (Å²) in [5.74, 6) is 0.826. The Hall–Kier alpha value is -1.35. The fourth-order valence-corrected chi connectivity index (χ4v) is 2.88. The zero-order valence-corrected chi connectivity index (χ0v) is 12.7. The van der Waals surface area contributed by atoms with Crippen LogP contribution in [0, 0.1) is 5.92 Å². The number of hydrogen-bond donors (Lipinski definition) is 1. The highest BCUT2D eigenvalue weighted by molar-refractivity contribution is 5.76. The van der Waals surface area contributed by atoms with Gasteiger partial charge in [-0.3, -0.25) is 4.79 Å². The highest BCUT2D eigenvalue weighted by atomic mass is 16.1. The fraction of sp³-hybridized carbons (Fsp3) is 0.588. The second kappa shape index (κ2) is 7.44. The SMILES string of the molecule is CN(C)Cc1ccc(CNC(=O)CC2CCCC2)cc1. The van der Waals surface area contributed by atoms with Crippen molar-refractivity contribution in [3.8, 4) is 0 Å². The predicted octanol–water partition coefficient (Wildman–Crippen LogP) is 2.94. The zero-order chi connectivity index (χ0) is 14.4. The highest BCUT2D eigenvalue weighted by Crippen LogP contribution is 2.27. The molecule has 1 aromatic rings. The standard InChI is InChI=1S/C17H26N2O/c1-19(2)13-16-9-7-15(8-10-16)12-18-17(20)11-14-5-3-4-6-14/h7-10,14H,3-6,11-13H2,1-2H3,(H,18,20). The predicted molar refractivity (Wildman–Crippen MR) is 82.3 cm³/mol. The second-order valence-corrected chi connectivity index (χ2v) is 6.19. The third-order valence-electron chi connectivity index (χ3n) is 3.96. The van der Waals surface area contributed by atoms with E-state index in [0.29, 0.717) is 18.9 Å². The summed E-state index contributed by atoms with van der Waals surface area (Å²) in [4.78, 5) is 14.0. The van der Waals surface area contributed by atoms with Crippen molar-refractivity contribution in [2.24, 2.45) is 5.92 Å². The van der Waals surface area contributed by atoms with Crippen molar-refractivity contribution in [2.75, 3.05) is 14.1 Å². The van der Waals surface area contributed by atoms with Gasteiger partial charge in [0.05, 0.1) is 0 Å². The molecule has 1 fully saturated rings. The number of carbonyl (C=O) groups excluding carboxylic acids is 1. The van der Waals surface area contributed by atoms with Gasteiger partial charge in [0.2, 0.25) is 5.91 Å². The van der Waals surface area contributed by atoms with E-state index >= 15 is 0 Å². The third kappa shape index (κ3) is 4.97. The van der Waals surface area contributed by atoms with Crippen LogP contribution in [-0.2, 0) is 17.9 Å². The van der Waals surface area contributed by atoms with Gasteiger partial charge in [-0.2, -0.15) is 0 Å². The number of nitrogens with one attached hydrogen (secondary N) is 1. The van der Waals surface area contributed by atoms with E-state index in [1.54, 1.807) is 0 Å². The van der Waals surface area contributed by atoms with Gasteiger partial charge in [0.25, 0.3) is 0 Å². The van der Waals surface area contributed by atoms with Gasteiger partial charge in [-0.15, -0.1) is 0 Å². The maximum Gasteiger partial charge on any atom is 0.220 e. The second-order valence-electron chi connectivity index (χ2n) is 6.19. The maximum absolute atomic E-state index is 11.9. The van der Waals surface area contributed by atoms with Crippen LogP contribution in [0.15, 0.2) is 24.3 Å². The molecule has 3 nitrogen and oxygen atoms in total. The summed E-state index contributed by atoms with van der Waals surface area (Å²) in [6.07, 6.45) is 5.76. The largest absolute Gasteiger partial charge is 0.352 e. The monoisotopic (exact) mass is 274 g/mol. The molecular formula is C17H26N2O. The molecule has 0 bridgehead atoms. The van der Waals surface area contributed by atoms with Crippen molar-refractivity contribution in [1.29, 1.82) is 0 Å². The van der Waals surface area contributed by atoms with Crippen LogP contribution in [0.2, 0.25) is 0 Å². The van der Waals surface area contributed by atoms with Crippen LogP contribution in [0.4, 0.5) is 0 Å². The smallest absolute Gasteiger partial charge is 0.220 e. The average Bonchev–Trinajstić information content (AvgIpc) is 2.90. The van der Waals surface area contributed by atoms with Crippen LogP contribution in [-0.4, -0.2) is 24.9 Å². The van der Waals surface area contributed by atoms with Gasteiger partial charge in [-0.05, 0) is 44.0 Å². The van der Waals surface area contributed by atoms with E-state index in [4.69, 9.17) is 0 Å². The quantitative estimate of drug-likeness (QED) is 0.865. The summed E-state index contributed by atoms with van der Waals surface area (Å²) >= 11 is 0. The Bertz CT molecular complexity index is 419. The van der Waals surface area contributed by atoms with E-state index in [9.17, 15) is 4.79 Å². The van der Waals surface area contributed by atoms with E-state index in [2.05, 4.69) is 48.6 Å². The van der Waals surface area contributed by atoms with Crippen LogP contribution >= 0.6 is 0 Å².